The van der Waals surface area contributed by atoms with Crippen molar-refractivity contribution in [1.82, 2.24) is 10.6 Å². The molecule has 1 aliphatic rings. The van der Waals surface area contributed by atoms with Crippen LogP contribution in [-0.2, 0) is 0 Å². The lowest BCUT2D eigenvalue weighted by Crippen LogP contribution is -2.33. The Labute approximate surface area is 99.6 Å². The fourth-order valence-electron chi connectivity index (χ4n) is 2.00. The van der Waals surface area contributed by atoms with Crippen molar-refractivity contribution in [3.05, 3.63) is 34.3 Å². The van der Waals surface area contributed by atoms with Crippen LogP contribution in [0.15, 0.2) is 28.7 Å². The summed E-state index contributed by atoms with van der Waals surface area (Å²) < 4.78 is 1.14. The molecule has 0 aromatic heterocycles. The number of rotatable bonds is 3. The fraction of sp³-hybridized carbons (Fsp3) is 0.500. The van der Waals surface area contributed by atoms with Crippen molar-refractivity contribution < 1.29 is 0 Å². The molecular formula is C12H17BrN2. The Morgan fingerprint density at radius 2 is 2.13 bits per heavy atom. The van der Waals surface area contributed by atoms with E-state index in [-0.39, 0.29) is 0 Å². The molecule has 1 unspecified atom stereocenters. The minimum absolute atomic E-state index is 0.433. The third-order valence-corrected chi connectivity index (χ3v) is 3.44. The molecule has 2 atom stereocenters. The van der Waals surface area contributed by atoms with Gasteiger partial charge in [-0.05, 0) is 37.6 Å². The van der Waals surface area contributed by atoms with Crippen LogP contribution in [0.1, 0.15) is 24.9 Å². The first-order chi connectivity index (χ1) is 7.25. The third kappa shape index (κ3) is 3.03. The summed E-state index contributed by atoms with van der Waals surface area (Å²) in [5.41, 5.74) is 1.35. The molecule has 82 valence electrons. The second-order valence-electron chi connectivity index (χ2n) is 4.13. The van der Waals surface area contributed by atoms with E-state index in [1.54, 1.807) is 0 Å². The summed E-state index contributed by atoms with van der Waals surface area (Å²) >= 11 is 3.45. The molecular weight excluding hydrogens is 252 g/mol. The largest absolute Gasteiger partial charge is 0.315 e. The predicted octanol–water partition coefficient (Wildman–Crippen LogP) is 2.46. The highest BCUT2D eigenvalue weighted by Gasteiger charge is 2.16. The number of hydrogen-bond acceptors (Lipinski definition) is 2. The maximum Gasteiger partial charge on any atom is 0.0294 e. The summed E-state index contributed by atoms with van der Waals surface area (Å²) in [7, 11) is 0. The summed E-state index contributed by atoms with van der Waals surface area (Å²) in [6.07, 6.45) is 1.24. The second-order valence-corrected chi connectivity index (χ2v) is 5.05. The monoisotopic (exact) mass is 268 g/mol. The van der Waals surface area contributed by atoms with E-state index in [1.165, 1.54) is 12.0 Å². The Bertz CT molecular complexity index is 304. The Morgan fingerprint density at radius 1 is 1.40 bits per heavy atom. The Morgan fingerprint density at radius 3 is 2.73 bits per heavy atom. The van der Waals surface area contributed by atoms with Crippen LogP contribution in [0.4, 0.5) is 0 Å². The van der Waals surface area contributed by atoms with Gasteiger partial charge in [0.15, 0.2) is 0 Å². The molecule has 0 aliphatic carbocycles. The van der Waals surface area contributed by atoms with Crippen LogP contribution >= 0.6 is 15.9 Å². The first-order valence-electron chi connectivity index (χ1n) is 5.48. The lowest BCUT2D eigenvalue weighted by Gasteiger charge is -2.19. The van der Waals surface area contributed by atoms with Gasteiger partial charge in [0.2, 0.25) is 0 Å². The lowest BCUT2D eigenvalue weighted by molar-refractivity contribution is 0.478. The van der Waals surface area contributed by atoms with Crippen LogP contribution in [0.3, 0.4) is 0 Å². The molecule has 0 saturated carbocycles. The summed E-state index contributed by atoms with van der Waals surface area (Å²) in [6, 6.07) is 9.60. The molecule has 2 N–H and O–H groups in total. The molecule has 3 heteroatoms. The van der Waals surface area contributed by atoms with Crippen LogP contribution in [0, 0.1) is 0 Å². The maximum atomic E-state index is 3.64. The molecule has 1 aliphatic heterocycles. The van der Waals surface area contributed by atoms with Gasteiger partial charge in [-0.1, -0.05) is 28.1 Å². The van der Waals surface area contributed by atoms with E-state index in [2.05, 4.69) is 57.8 Å². The van der Waals surface area contributed by atoms with Gasteiger partial charge in [0.1, 0.15) is 0 Å². The average Bonchev–Trinajstić information content (AvgIpc) is 2.71. The van der Waals surface area contributed by atoms with Crippen LogP contribution in [0.5, 0.6) is 0 Å². The molecule has 0 amide bonds. The molecule has 0 spiro atoms. The van der Waals surface area contributed by atoms with Crippen molar-refractivity contribution in [3.8, 4) is 0 Å². The molecule has 1 heterocycles. The van der Waals surface area contributed by atoms with Gasteiger partial charge in [-0.3, -0.25) is 0 Å². The van der Waals surface area contributed by atoms with Crippen molar-refractivity contribution in [2.24, 2.45) is 0 Å². The van der Waals surface area contributed by atoms with Gasteiger partial charge in [-0.15, -0.1) is 0 Å². The molecule has 15 heavy (non-hydrogen) atoms. The maximum absolute atomic E-state index is 3.64. The molecule has 0 bridgehead atoms. The number of hydrogen-bond donors (Lipinski definition) is 2. The molecule has 0 radical (unpaired) electrons. The van der Waals surface area contributed by atoms with E-state index in [0.717, 1.165) is 17.6 Å². The molecule has 1 saturated heterocycles. The van der Waals surface area contributed by atoms with Gasteiger partial charge in [-0.2, -0.15) is 0 Å². The highest BCUT2D eigenvalue weighted by atomic mass is 79.9. The van der Waals surface area contributed by atoms with Crippen molar-refractivity contribution in [3.63, 3.8) is 0 Å². The van der Waals surface area contributed by atoms with Gasteiger partial charge in [0, 0.05) is 23.1 Å². The van der Waals surface area contributed by atoms with Crippen LogP contribution in [-0.4, -0.2) is 19.1 Å². The zero-order chi connectivity index (χ0) is 10.7. The molecule has 1 aromatic rings. The van der Waals surface area contributed by atoms with E-state index in [0.29, 0.717) is 12.1 Å². The smallest absolute Gasteiger partial charge is 0.0294 e. The minimum Gasteiger partial charge on any atom is -0.315 e. The van der Waals surface area contributed by atoms with E-state index in [1.807, 2.05) is 0 Å². The van der Waals surface area contributed by atoms with Gasteiger partial charge < -0.3 is 10.6 Å². The van der Waals surface area contributed by atoms with Gasteiger partial charge in [-0.25, -0.2) is 0 Å². The third-order valence-electron chi connectivity index (χ3n) is 2.92. The Balaban J connectivity index is 1.94. The van der Waals surface area contributed by atoms with E-state index < -0.39 is 0 Å². The molecule has 1 fully saturated rings. The predicted molar refractivity (Wildman–Crippen MR) is 67.0 cm³/mol. The SMILES string of the molecule is C[C@@H](NC1CCNC1)c1ccc(Br)cc1. The molecule has 2 nitrogen and oxygen atoms in total. The Hall–Kier alpha value is -0.380. The zero-order valence-electron chi connectivity index (χ0n) is 8.96. The Kier molecular flexibility index (Phi) is 3.78. The first-order valence-corrected chi connectivity index (χ1v) is 6.27. The summed E-state index contributed by atoms with van der Waals surface area (Å²) in [6.45, 7) is 4.47. The summed E-state index contributed by atoms with van der Waals surface area (Å²) in [4.78, 5) is 0. The molecule has 2 rings (SSSR count). The van der Waals surface area contributed by atoms with E-state index >= 15 is 0 Å². The average molecular weight is 269 g/mol. The van der Waals surface area contributed by atoms with Gasteiger partial charge >= 0.3 is 0 Å². The number of nitrogens with one attached hydrogen (secondary N) is 2. The second kappa shape index (κ2) is 5.10. The minimum atomic E-state index is 0.433. The summed E-state index contributed by atoms with van der Waals surface area (Å²) in [5, 5.41) is 7.01. The van der Waals surface area contributed by atoms with Crippen LogP contribution < -0.4 is 10.6 Å². The number of benzene rings is 1. The van der Waals surface area contributed by atoms with Crippen molar-refractivity contribution in [1.29, 1.82) is 0 Å². The quantitative estimate of drug-likeness (QED) is 0.880. The van der Waals surface area contributed by atoms with E-state index in [4.69, 9.17) is 0 Å². The summed E-state index contributed by atoms with van der Waals surface area (Å²) in [5.74, 6) is 0. The van der Waals surface area contributed by atoms with Crippen LogP contribution in [0.25, 0.3) is 0 Å². The number of halogens is 1. The van der Waals surface area contributed by atoms with Gasteiger partial charge in [0.25, 0.3) is 0 Å². The fourth-order valence-corrected chi connectivity index (χ4v) is 2.26. The van der Waals surface area contributed by atoms with E-state index in [9.17, 15) is 0 Å². The van der Waals surface area contributed by atoms with Crippen molar-refractivity contribution in [2.45, 2.75) is 25.4 Å². The first kappa shape index (κ1) is 11.1. The standard InChI is InChI=1S/C12H17BrN2/c1-9(15-12-6-7-14-8-12)10-2-4-11(13)5-3-10/h2-5,9,12,14-15H,6-8H2,1H3/t9-,12?/m1/s1. The lowest BCUT2D eigenvalue weighted by atomic mass is 10.1. The van der Waals surface area contributed by atoms with Gasteiger partial charge in [0.05, 0.1) is 0 Å². The van der Waals surface area contributed by atoms with Crippen LogP contribution in [0.2, 0.25) is 0 Å². The van der Waals surface area contributed by atoms with Crippen molar-refractivity contribution in [2.75, 3.05) is 13.1 Å². The normalized spacial score (nSPS) is 22.9. The molecule has 1 aromatic carbocycles. The highest BCUT2D eigenvalue weighted by molar-refractivity contribution is 9.10. The topological polar surface area (TPSA) is 24.1 Å². The highest BCUT2D eigenvalue weighted by Crippen LogP contribution is 2.17. The zero-order valence-corrected chi connectivity index (χ0v) is 10.5. The van der Waals surface area contributed by atoms with Crippen molar-refractivity contribution >= 4 is 15.9 Å².